The fraction of sp³-hybridized carbons (Fsp3) is 0. The van der Waals surface area contributed by atoms with Gasteiger partial charge in [0.25, 0.3) is 0 Å². The van der Waals surface area contributed by atoms with Crippen LogP contribution in [0.15, 0.2) is 0 Å². The normalized spacial score (nSPS) is 0. The molecule has 0 amide bonds. The Labute approximate surface area is 228 Å². The van der Waals surface area contributed by atoms with Crippen LogP contribution in [0.3, 0.4) is 0 Å². The first-order chi connectivity index (χ1) is 0. The van der Waals surface area contributed by atoms with Crippen molar-refractivity contribution in [1.82, 2.24) is 0 Å². The van der Waals surface area contributed by atoms with Gasteiger partial charge in [-0.1, -0.05) is 0 Å². The second-order valence-electron chi connectivity index (χ2n) is 0. The average molecular weight is 776 g/mol. The van der Waals surface area contributed by atoms with Gasteiger partial charge in [0.2, 0.25) is 0 Å². The molecule has 25 heteroatoms. The summed E-state index contributed by atoms with van der Waals surface area (Å²) in [5.74, 6) is 0. The molecule has 0 atom stereocenters. The number of rotatable bonds is 0. The van der Waals surface area contributed by atoms with Crippen molar-refractivity contribution in [3.05, 3.63) is 86.1 Å². The van der Waals surface area contributed by atoms with Gasteiger partial charge in [-0.25, -0.2) is 0 Å². The molecule has 2 radical (unpaired) electrons. The summed E-state index contributed by atoms with van der Waals surface area (Å²) in [5, 5.41) is 0. The van der Waals surface area contributed by atoms with Gasteiger partial charge in [-0.05, 0) is 0 Å². The van der Waals surface area contributed by atoms with Gasteiger partial charge >= 0.3 is 58.4 Å². The van der Waals surface area contributed by atoms with E-state index in [0.717, 1.165) is 0 Å². The quantitative estimate of drug-likeness (QED) is 0.207. The number of halogens is 6. The van der Waals surface area contributed by atoms with Crippen molar-refractivity contribution in [2.75, 3.05) is 0 Å². The minimum absolute atomic E-state index is 0. The first-order valence-electron chi connectivity index (χ1n) is 0. The third-order valence-corrected chi connectivity index (χ3v) is 0. The Balaban J connectivity index is 0. The molecule has 0 aliphatic heterocycles. The third kappa shape index (κ3) is 1910. The van der Waals surface area contributed by atoms with Crippen LogP contribution in [0.25, 0.3) is 86.1 Å². The second-order valence-corrected chi connectivity index (χ2v) is 0. The van der Waals surface area contributed by atoms with Crippen molar-refractivity contribution >= 4 is 0 Å². The summed E-state index contributed by atoms with van der Waals surface area (Å²) in [4.78, 5) is 0. The van der Waals surface area contributed by atoms with Crippen LogP contribution in [0.1, 0.15) is 0 Å². The van der Waals surface area contributed by atoms with E-state index in [1.54, 1.807) is 0 Å². The van der Waals surface area contributed by atoms with Gasteiger partial charge < -0.3 is 172 Å². The fourth-order valence-electron chi connectivity index (χ4n) is 0. The van der Waals surface area contributed by atoms with Crippen molar-refractivity contribution in [3.8, 4) is 0 Å². The molecular formula is H32Cl6N14O2Ru3-6. The smallest absolute Gasteiger partial charge is 1.00 e. The van der Waals surface area contributed by atoms with Gasteiger partial charge in [-0.3, -0.25) is 0 Å². The zero-order valence-electron chi connectivity index (χ0n) is 12.4. The molecule has 0 aromatic carbocycles. The van der Waals surface area contributed by atoms with Crippen LogP contribution in [-0.4, -0.2) is 11.0 Å². The molecule has 0 aromatic heterocycles. The first-order valence-corrected chi connectivity index (χ1v) is 0. The van der Waals surface area contributed by atoms with Crippen LogP contribution >= 0.6 is 0 Å². The van der Waals surface area contributed by atoms with Crippen LogP contribution in [-0.2, 0) is 58.4 Å². The molecule has 16 nitrogen and oxygen atoms in total. The number of hydrogen-bond donors (Lipinski definition) is 0. The predicted octanol–water partition coefficient (Wildman–Crippen LogP) is -9.59. The molecule has 0 aromatic rings. The molecule has 0 aliphatic rings. The topological polar surface area (TPSA) is 532 Å². The molecule has 186 valence electrons. The van der Waals surface area contributed by atoms with E-state index in [4.69, 9.17) is 0 Å². The Morgan fingerprint density at radius 3 is 0.200 bits per heavy atom. The summed E-state index contributed by atoms with van der Waals surface area (Å²) in [6.07, 6.45) is 0. The van der Waals surface area contributed by atoms with Gasteiger partial charge in [0.05, 0.1) is 0 Å². The van der Waals surface area contributed by atoms with Gasteiger partial charge in [-0.15, -0.1) is 0 Å². The summed E-state index contributed by atoms with van der Waals surface area (Å²) in [6, 6.07) is 0. The maximum absolute atomic E-state index is 0. The molecule has 0 saturated heterocycles. The Bertz CT molecular complexity index is 40.5. The predicted molar refractivity (Wildman–Crippen MR) is 81.2 cm³/mol. The van der Waals surface area contributed by atoms with Crippen LogP contribution in [0.4, 0.5) is 0 Å². The summed E-state index contributed by atoms with van der Waals surface area (Å²) in [6.45, 7) is 0. The molecule has 0 bridgehead atoms. The van der Waals surface area contributed by atoms with Crippen LogP contribution in [0.5, 0.6) is 0 Å². The molecule has 0 aliphatic carbocycles. The monoisotopic (exact) mass is 776 g/mol. The van der Waals surface area contributed by atoms with Gasteiger partial charge in [0.15, 0.2) is 0 Å². The average Bonchev–Trinajstić information content (AvgIpc) is 0. The van der Waals surface area contributed by atoms with Crippen molar-refractivity contribution < 1.29 is 144 Å². The molecule has 0 rings (SSSR count). The van der Waals surface area contributed by atoms with E-state index in [1.165, 1.54) is 0 Å². The van der Waals surface area contributed by atoms with E-state index in [2.05, 4.69) is 0 Å². The van der Waals surface area contributed by atoms with Crippen LogP contribution in [0, 0.1) is 0 Å². The van der Waals surface area contributed by atoms with E-state index in [9.17, 15) is 0 Å². The molecule has 0 saturated carbocycles. The van der Waals surface area contributed by atoms with Crippen LogP contribution < -0.4 is 74.4 Å². The molecule has 25 heavy (non-hydrogen) atoms. The van der Waals surface area contributed by atoms with Gasteiger partial charge in [-0.2, -0.15) is 0 Å². The Morgan fingerprint density at radius 2 is 0.200 bits per heavy atom. The van der Waals surface area contributed by atoms with Crippen molar-refractivity contribution in [2.24, 2.45) is 0 Å². The summed E-state index contributed by atoms with van der Waals surface area (Å²) in [5.41, 5.74) is 0. The van der Waals surface area contributed by atoms with E-state index in [0.29, 0.717) is 0 Å². The molecule has 0 spiro atoms. The molecular weight excluding hydrogens is 744 g/mol. The number of hydrogen-bond acceptors (Lipinski definition) is 0. The van der Waals surface area contributed by atoms with Crippen LogP contribution in [0.2, 0.25) is 0 Å². The molecule has 0 fully saturated rings. The molecule has 0 heterocycles. The van der Waals surface area contributed by atoms with E-state index >= 15 is 0 Å². The Morgan fingerprint density at radius 1 is 0.200 bits per heavy atom. The Hall–Kier alpha value is 2.97. The van der Waals surface area contributed by atoms with Gasteiger partial charge in [0.1, 0.15) is 0 Å². The third-order valence-electron chi connectivity index (χ3n) is 0. The largest absolute Gasteiger partial charge is 5.00 e. The second kappa shape index (κ2) is 2060. The Kier molecular flexibility index (Phi) is 190000. The summed E-state index contributed by atoms with van der Waals surface area (Å²) >= 11 is 0. The molecule has 0 unspecified atom stereocenters. The zero-order valence-corrected chi connectivity index (χ0v) is 22.2. The minimum atomic E-state index is 0. The van der Waals surface area contributed by atoms with E-state index in [-0.39, 0.29) is 230 Å². The fourth-order valence-corrected chi connectivity index (χ4v) is 0. The first kappa shape index (κ1) is 2310. The van der Waals surface area contributed by atoms with Crippen molar-refractivity contribution in [2.45, 2.75) is 0 Å². The standard InChI is InChI=1S/6ClH.14H2N.2H2O.3Ru/h6*1H;16*1H2;;;/q;;;;;;14*-1;;;+4;2*+5/p-6. The SMILES string of the molecule is O.O.[Cl-].[Cl-].[Cl-].[Cl-].[Cl-].[Cl-].[NH2-].[NH2-].[NH2-].[NH2-].[NH2-].[NH2-].[NH2-].[NH2-].[NH2-].[NH2-].[NH2-].[NH2-].[NH2-].[NH2-].[Ru+4].[Ru+5].[Ru+5]. The zero-order chi connectivity index (χ0) is 0. The number of nitrogens with two attached hydrogens (primary N) is 14. The van der Waals surface area contributed by atoms with Crippen molar-refractivity contribution in [3.63, 3.8) is 0 Å². The maximum Gasteiger partial charge on any atom is 5.00 e. The minimum Gasteiger partial charge on any atom is -1.00 e. The van der Waals surface area contributed by atoms with E-state index < -0.39 is 0 Å². The van der Waals surface area contributed by atoms with Gasteiger partial charge in [0, 0.05) is 0 Å². The maximum atomic E-state index is 0. The van der Waals surface area contributed by atoms with Crippen molar-refractivity contribution in [1.29, 1.82) is 0 Å². The summed E-state index contributed by atoms with van der Waals surface area (Å²) in [7, 11) is 0. The molecule has 32 N–H and O–H groups in total. The summed E-state index contributed by atoms with van der Waals surface area (Å²) < 4.78 is 0. The van der Waals surface area contributed by atoms with E-state index in [1.807, 2.05) is 0 Å².